The van der Waals surface area contributed by atoms with E-state index in [2.05, 4.69) is 17.1 Å². The van der Waals surface area contributed by atoms with E-state index in [0.29, 0.717) is 23.7 Å². The Hall–Kier alpha value is -2.37. The molecular formula is C23H28ClN3O2. The lowest BCUT2D eigenvalue weighted by Gasteiger charge is -2.28. The number of nitrogens with one attached hydrogen (secondary N) is 1. The van der Waals surface area contributed by atoms with E-state index in [1.165, 1.54) is 0 Å². The van der Waals surface area contributed by atoms with Crippen LogP contribution in [-0.4, -0.2) is 55.3 Å². The van der Waals surface area contributed by atoms with E-state index in [1.807, 2.05) is 56.6 Å². The van der Waals surface area contributed by atoms with Gasteiger partial charge in [-0.15, -0.1) is 0 Å². The van der Waals surface area contributed by atoms with Crippen molar-refractivity contribution in [2.24, 2.45) is 0 Å². The van der Waals surface area contributed by atoms with Crippen LogP contribution in [0.5, 0.6) is 0 Å². The van der Waals surface area contributed by atoms with E-state index in [0.717, 1.165) is 24.1 Å². The molecule has 2 aromatic carbocycles. The molecule has 0 fully saturated rings. The fourth-order valence-electron chi connectivity index (χ4n) is 3.74. The topological polar surface area (TPSA) is 52.7 Å². The summed E-state index contributed by atoms with van der Waals surface area (Å²) >= 11 is 5.99. The quantitative estimate of drug-likeness (QED) is 0.671. The number of hydrogen-bond donors (Lipinski definition) is 1. The summed E-state index contributed by atoms with van der Waals surface area (Å²) in [5.74, 6) is -0.130. The zero-order valence-electron chi connectivity index (χ0n) is 17.2. The molecule has 2 atom stereocenters. The lowest BCUT2D eigenvalue weighted by atomic mass is 9.99. The fraction of sp³-hybridized carbons (Fsp3) is 0.391. The number of fused-ring (bicyclic) bond motifs is 1. The van der Waals surface area contributed by atoms with Crippen LogP contribution in [-0.2, 0) is 4.79 Å². The summed E-state index contributed by atoms with van der Waals surface area (Å²) < 4.78 is 0. The standard InChI is InChI=1S/C23H28ClN3O2/c1-16(17-9-11-18(24)12-10-17)15-27-21(22(28)25-13-6-14-26(2)3)19-7-4-5-8-20(19)23(27)29/h4-5,7-12,16,21H,6,13-15H2,1-3H3,(H,25,28). The van der Waals surface area contributed by atoms with Gasteiger partial charge in [0.2, 0.25) is 5.91 Å². The molecule has 2 aromatic rings. The number of hydrogen-bond acceptors (Lipinski definition) is 3. The molecule has 5 nitrogen and oxygen atoms in total. The molecule has 6 heteroatoms. The van der Waals surface area contributed by atoms with Crippen LogP contribution in [0.15, 0.2) is 48.5 Å². The van der Waals surface area contributed by atoms with Crippen LogP contribution in [0.4, 0.5) is 0 Å². The molecule has 2 unspecified atom stereocenters. The van der Waals surface area contributed by atoms with Gasteiger partial charge < -0.3 is 15.1 Å². The van der Waals surface area contributed by atoms with Crippen molar-refractivity contribution in [1.29, 1.82) is 0 Å². The summed E-state index contributed by atoms with van der Waals surface area (Å²) in [6.07, 6.45) is 0.863. The Morgan fingerprint density at radius 2 is 1.86 bits per heavy atom. The van der Waals surface area contributed by atoms with E-state index in [-0.39, 0.29) is 17.7 Å². The van der Waals surface area contributed by atoms with E-state index in [4.69, 9.17) is 11.6 Å². The van der Waals surface area contributed by atoms with Gasteiger partial charge in [-0.3, -0.25) is 9.59 Å². The van der Waals surface area contributed by atoms with Crippen molar-refractivity contribution in [3.8, 4) is 0 Å². The second kappa shape index (κ2) is 9.42. The number of carbonyl (C=O) groups is 2. The molecule has 0 aromatic heterocycles. The van der Waals surface area contributed by atoms with Gasteiger partial charge >= 0.3 is 0 Å². The molecule has 0 saturated heterocycles. The Morgan fingerprint density at radius 3 is 2.55 bits per heavy atom. The highest BCUT2D eigenvalue weighted by atomic mass is 35.5. The predicted octanol–water partition coefficient (Wildman–Crippen LogP) is 3.71. The van der Waals surface area contributed by atoms with Gasteiger partial charge in [-0.2, -0.15) is 0 Å². The maximum Gasteiger partial charge on any atom is 0.255 e. The third-order valence-corrected chi connectivity index (χ3v) is 5.55. The molecule has 0 saturated carbocycles. The van der Waals surface area contributed by atoms with E-state index in [1.54, 1.807) is 11.0 Å². The van der Waals surface area contributed by atoms with Gasteiger partial charge in [0, 0.05) is 23.7 Å². The van der Waals surface area contributed by atoms with Crippen LogP contribution in [0.25, 0.3) is 0 Å². The van der Waals surface area contributed by atoms with Gasteiger partial charge in [0.15, 0.2) is 0 Å². The smallest absolute Gasteiger partial charge is 0.255 e. The summed E-state index contributed by atoms with van der Waals surface area (Å²) in [7, 11) is 4.02. The Labute approximate surface area is 177 Å². The second-order valence-electron chi connectivity index (χ2n) is 7.85. The molecule has 0 aliphatic carbocycles. The maximum absolute atomic E-state index is 13.1. The number of nitrogens with zero attached hydrogens (tertiary/aromatic N) is 2. The average Bonchev–Trinajstić information content (AvgIpc) is 2.97. The van der Waals surface area contributed by atoms with E-state index >= 15 is 0 Å². The van der Waals surface area contributed by atoms with Crippen molar-refractivity contribution >= 4 is 23.4 Å². The Morgan fingerprint density at radius 1 is 1.17 bits per heavy atom. The van der Waals surface area contributed by atoms with Crippen molar-refractivity contribution < 1.29 is 9.59 Å². The van der Waals surface area contributed by atoms with Gasteiger partial charge in [-0.1, -0.05) is 48.9 Å². The lowest BCUT2D eigenvalue weighted by Crippen LogP contribution is -2.41. The van der Waals surface area contributed by atoms with Crippen LogP contribution in [0.1, 0.15) is 46.8 Å². The molecule has 154 valence electrons. The van der Waals surface area contributed by atoms with Gasteiger partial charge in [-0.05, 0) is 62.3 Å². The van der Waals surface area contributed by atoms with Crippen molar-refractivity contribution in [2.75, 3.05) is 33.7 Å². The largest absolute Gasteiger partial charge is 0.354 e. The van der Waals surface area contributed by atoms with Crippen molar-refractivity contribution in [3.05, 3.63) is 70.2 Å². The molecule has 2 amide bonds. The van der Waals surface area contributed by atoms with Crippen molar-refractivity contribution in [1.82, 2.24) is 15.1 Å². The first-order chi connectivity index (χ1) is 13.9. The van der Waals surface area contributed by atoms with Gasteiger partial charge in [-0.25, -0.2) is 0 Å². The lowest BCUT2D eigenvalue weighted by molar-refractivity contribution is -0.125. The highest BCUT2D eigenvalue weighted by molar-refractivity contribution is 6.30. The van der Waals surface area contributed by atoms with Crippen LogP contribution < -0.4 is 5.32 Å². The molecule has 0 radical (unpaired) electrons. The molecular weight excluding hydrogens is 386 g/mol. The zero-order valence-corrected chi connectivity index (χ0v) is 17.9. The van der Waals surface area contributed by atoms with Crippen molar-refractivity contribution in [2.45, 2.75) is 25.3 Å². The Balaban J connectivity index is 1.77. The molecule has 1 aliphatic heterocycles. The first kappa shape index (κ1) is 21.3. The highest BCUT2D eigenvalue weighted by Crippen LogP contribution is 2.35. The molecule has 1 aliphatic rings. The van der Waals surface area contributed by atoms with E-state index < -0.39 is 6.04 Å². The molecule has 0 bridgehead atoms. The summed E-state index contributed by atoms with van der Waals surface area (Å²) in [6.45, 7) is 4.01. The van der Waals surface area contributed by atoms with E-state index in [9.17, 15) is 9.59 Å². The predicted molar refractivity (Wildman–Crippen MR) is 116 cm³/mol. The SMILES string of the molecule is CC(CN1C(=O)c2ccccc2C1C(=O)NCCCN(C)C)c1ccc(Cl)cc1. The minimum atomic E-state index is -0.590. The number of halogens is 1. The third kappa shape index (κ3) is 4.98. The Kier molecular flexibility index (Phi) is 6.93. The number of benzene rings is 2. The molecule has 1 N–H and O–H groups in total. The monoisotopic (exact) mass is 413 g/mol. The van der Waals surface area contributed by atoms with Crippen LogP contribution in [0.2, 0.25) is 5.02 Å². The first-order valence-corrected chi connectivity index (χ1v) is 10.3. The number of carbonyl (C=O) groups excluding carboxylic acids is 2. The van der Waals surface area contributed by atoms with Crippen LogP contribution in [0, 0.1) is 0 Å². The number of rotatable bonds is 8. The summed E-state index contributed by atoms with van der Waals surface area (Å²) in [5, 5.41) is 3.70. The summed E-state index contributed by atoms with van der Waals surface area (Å²) in [5.41, 5.74) is 2.48. The van der Waals surface area contributed by atoms with Gasteiger partial charge in [0.25, 0.3) is 5.91 Å². The average molecular weight is 414 g/mol. The first-order valence-electron chi connectivity index (χ1n) is 9.96. The molecule has 1 heterocycles. The van der Waals surface area contributed by atoms with Crippen LogP contribution in [0.3, 0.4) is 0 Å². The minimum absolute atomic E-state index is 0.0783. The van der Waals surface area contributed by atoms with Gasteiger partial charge in [0.1, 0.15) is 6.04 Å². The number of amides is 2. The fourth-order valence-corrected chi connectivity index (χ4v) is 3.86. The zero-order chi connectivity index (χ0) is 21.0. The third-order valence-electron chi connectivity index (χ3n) is 5.30. The molecule has 0 spiro atoms. The summed E-state index contributed by atoms with van der Waals surface area (Å²) in [6, 6.07) is 14.5. The molecule has 3 rings (SSSR count). The Bertz CT molecular complexity index is 867. The second-order valence-corrected chi connectivity index (χ2v) is 8.28. The van der Waals surface area contributed by atoms with Crippen molar-refractivity contribution in [3.63, 3.8) is 0 Å². The highest BCUT2D eigenvalue weighted by Gasteiger charge is 2.41. The summed E-state index contributed by atoms with van der Waals surface area (Å²) in [4.78, 5) is 29.9. The maximum atomic E-state index is 13.1. The normalized spacial score (nSPS) is 16.8. The van der Waals surface area contributed by atoms with Gasteiger partial charge in [0.05, 0.1) is 0 Å². The van der Waals surface area contributed by atoms with Crippen LogP contribution >= 0.6 is 11.6 Å². The molecule has 29 heavy (non-hydrogen) atoms. The minimum Gasteiger partial charge on any atom is -0.354 e.